The predicted octanol–water partition coefficient (Wildman–Crippen LogP) is 3.50. The first kappa shape index (κ1) is 11.4. The highest BCUT2D eigenvalue weighted by atomic mass is 35.5. The fourth-order valence-electron chi connectivity index (χ4n) is 1.28. The largest absolute Gasteiger partial charge is 0.497 e. The van der Waals surface area contributed by atoms with Gasteiger partial charge in [0.2, 0.25) is 0 Å². The average molecular weight is 213 g/mol. The lowest BCUT2D eigenvalue weighted by molar-refractivity contribution is 0.414. The minimum Gasteiger partial charge on any atom is -0.497 e. The normalized spacial score (nSPS) is 12.5. The molecule has 1 nitrogen and oxygen atoms in total. The molecule has 0 fully saturated rings. The Kier molecular flexibility index (Phi) is 4.81. The molecule has 0 aliphatic heterocycles. The molecule has 0 amide bonds. The van der Waals surface area contributed by atoms with Crippen molar-refractivity contribution in [3.63, 3.8) is 0 Å². The van der Waals surface area contributed by atoms with E-state index in [9.17, 15) is 0 Å². The van der Waals surface area contributed by atoms with Crippen LogP contribution >= 0.6 is 11.6 Å². The van der Waals surface area contributed by atoms with E-state index in [-0.39, 0.29) is 0 Å². The van der Waals surface area contributed by atoms with Gasteiger partial charge in [0.15, 0.2) is 0 Å². The molecule has 0 bridgehead atoms. The highest BCUT2D eigenvalue weighted by Crippen LogP contribution is 2.15. The van der Waals surface area contributed by atoms with Crippen LogP contribution in [0.15, 0.2) is 24.3 Å². The molecule has 14 heavy (non-hydrogen) atoms. The van der Waals surface area contributed by atoms with Gasteiger partial charge in [-0.05, 0) is 36.5 Å². The molecule has 78 valence electrons. The van der Waals surface area contributed by atoms with Gasteiger partial charge in [-0.1, -0.05) is 19.1 Å². The Morgan fingerprint density at radius 2 is 1.93 bits per heavy atom. The number of rotatable bonds is 5. The monoisotopic (exact) mass is 212 g/mol. The van der Waals surface area contributed by atoms with Gasteiger partial charge in [-0.3, -0.25) is 0 Å². The zero-order valence-corrected chi connectivity index (χ0v) is 9.55. The van der Waals surface area contributed by atoms with Crippen LogP contribution < -0.4 is 4.74 Å². The Labute approximate surface area is 91.0 Å². The molecule has 1 atom stereocenters. The summed E-state index contributed by atoms with van der Waals surface area (Å²) in [6.45, 7) is 2.18. The number of alkyl halides is 1. The van der Waals surface area contributed by atoms with Gasteiger partial charge in [0.25, 0.3) is 0 Å². The van der Waals surface area contributed by atoms with Crippen molar-refractivity contribution in [3.05, 3.63) is 29.8 Å². The zero-order chi connectivity index (χ0) is 10.4. The van der Waals surface area contributed by atoms with E-state index in [1.807, 2.05) is 12.1 Å². The minimum absolute atomic E-state index is 0.596. The van der Waals surface area contributed by atoms with E-state index in [4.69, 9.17) is 16.3 Å². The first-order chi connectivity index (χ1) is 6.76. The maximum absolute atomic E-state index is 5.75. The van der Waals surface area contributed by atoms with E-state index in [1.54, 1.807) is 7.11 Å². The smallest absolute Gasteiger partial charge is 0.118 e. The Morgan fingerprint density at radius 1 is 1.29 bits per heavy atom. The number of hydrogen-bond donors (Lipinski definition) is 0. The molecule has 0 saturated heterocycles. The molecule has 1 rings (SSSR count). The van der Waals surface area contributed by atoms with E-state index in [2.05, 4.69) is 19.1 Å². The number of ether oxygens (including phenoxy) is 1. The second-order valence-electron chi connectivity index (χ2n) is 3.65. The number of aryl methyl sites for hydroxylation is 1. The van der Waals surface area contributed by atoms with Crippen molar-refractivity contribution in [2.45, 2.75) is 19.8 Å². The molecule has 1 aromatic rings. The van der Waals surface area contributed by atoms with E-state index in [0.717, 1.165) is 24.5 Å². The fraction of sp³-hybridized carbons (Fsp3) is 0.500. The van der Waals surface area contributed by atoms with Crippen LogP contribution in [0, 0.1) is 5.92 Å². The van der Waals surface area contributed by atoms with Crippen LogP contribution in [0.2, 0.25) is 0 Å². The van der Waals surface area contributed by atoms with Crippen molar-refractivity contribution in [1.29, 1.82) is 0 Å². The van der Waals surface area contributed by atoms with Crippen LogP contribution in [0.1, 0.15) is 18.9 Å². The zero-order valence-electron chi connectivity index (χ0n) is 8.79. The molecular formula is C12H17ClO. The molecule has 0 heterocycles. The van der Waals surface area contributed by atoms with Crippen molar-refractivity contribution < 1.29 is 4.74 Å². The summed E-state index contributed by atoms with van der Waals surface area (Å²) >= 11 is 5.75. The van der Waals surface area contributed by atoms with Crippen LogP contribution in [0.3, 0.4) is 0 Å². The highest BCUT2D eigenvalue weighted by molar-refractivity contribution is 6.18. The first-order valence-corrected chi connectivity index (χ1v) is 5.48. The molecule has 0 aliphatic carbocycles. The Hall–Kier alpha value is -0.690. The Bertz CT molecular complexity index is 256. The summed E-state index contributed by atoms with van der Waals surface area (Å²) in [5.41, 5.74) is 1.35. The van der Waals surface area contributed by atoms with Crippen molar-refractivity contribution in [3.8, 4) is 5.75 Å². The van der Waals surface area contributed by atoms with Crippen molar-refractivity contribution in [1.82, 2.24) is 0 Å². The highest BCUT2D eigenvalue weighted by Gasteiger charge is 2.00. The van der Waals surface area contributed by atoms with Crippen LogP contribution in [-0.4, -0.2) is 13.0 Å². The summed E-state index contributed by atoms with van der Waals surface area (Å²) in [7, 11) is 1.69. The lowest BCUT2D eigenvalue weighted by Gasteiger charge is -2.07. The van der Waals surface area contributed by atoms with Crippen LogP contribution in [-0.2, 0) is 6.42 Å². The number of halogens is 1. The van der Waals surface area contributed by atoms with Gasteiger partial charge in [0.1, 0.15) is 5.75 Å². The third-order valence-electron chi connectivity index (χ3n) is 2.35. The standard InChI is InChI=1S/C12H17ClO/c1-10(9-13)3-4-11-5-7-12(14-2)8-6-11/h5-8,10H,3-4,9H2,1-2H3. The predicted molar refractivity (Wildman–Crippen MR) is 61.2 cm³/mol. The number of methoxy groups -OCH3 is 1. The molecule has 0 aromatic heterocycles. The summed E-state index contributed by atoms with van der Waals surface area (Å²) in [6.07, 6.45) is 2.24. The molecular weight excluding hydrogens is 196 g/mol. The molecule has 1 unspecified atom stereocenters. The second-order valence-corrected chi connectivity index (χ2v) is 3.95. The van der Waals surface area contributed by atoms with Gasteiger partial charge in [0.05, 0.1) is 7.11 Å². The maximum atomic E-state index is 5.75. The third kappa shape index (κ3) is 3.59. The summed E-state index contributed by atoms with van der Waals surface area (Å²) in [5, 5.41) is 0. The van der Waals surface area contributed by atoms with Gasteiger partial charge < -0.3 is 4.74 Å². The van der Waals surface area contributed by atoms with Gasteiger partial charge in [-0.15, -0.1) is 11.6 Å². The van der Waals surface area contributed by atoms with E-state index < -0.39 is 0 Å². The SMILES string of the molecule is COc1ccc(CCC(C)CCl)cc1. The van der Waals surface area contributed by atoms with Gasteiger partial charge in [-0.25, -0.2) is 0 Å². The van der Waals surface area contributed by atoms with Crippen LogP contribution in [0.5, 0.6) is 5.75 Å². The molecule has 0 aliphatic rings. The second kappa shape index (κ2) is 5.92. The van der Waals surface area contributed by atoms with Crippen molar-refractivity contribution in [2.24, 2.45) is 5.92 Å². The van der Waals surface area contributed by atoms with Gasteiger partial charge >= 0.3 is 0 Å². The van der Waals surface area contributed by atoms with Gasteiger partial charge in [0, 0.05) is 5.88 Å². The van der Waals surface area contributed by atoms with Crippen LogP contribution in [0.25, 0.3) is 0 Å². The van der Waals surface area contributed by atoms with E-state index >= 15 is 0 Å². The van der Waals surface area contributed by atoms with E-state index in [1.165, 1.54) is 5.56 Å². The average Bonchev–Trinajstić information content (AvgIpc) is 2.26. The molecule has 0 radical (unpaired) electrons. The minimum atomic E-state index is 0.596. The molecule has 2 heteroatoms. The summed E-state index contributed by atoms with van der Waals surface area (Å²) in [4.78, 5) is 0. The summed E-state index contributed by atoms with van der Waals surface area (Å²) in [5.74, 6) is 2.26. The first-order valence-electron chi connectivity index (χ1n) is 4.95. The lowest BCUT2D eigenvalue weighted by atomic mass is 10.0. The lowest BCUT2D eigenvalue weighted by Crippen LogP contribution is -1.98. The van der Waals surface area contributed by atoms with E-state index in [0.29, 0.717) is 5.92 Å². The third-order valence-corrected chi connectivity index (χ3v) is 2.88. The fourth-order valence-corrected chi connectivity index (χ4v) is 1.44. The molecule has 0 spiro atoms. The molecule has 0 N–H and O–H groups in total. The van der Waals surface area contributed by atoms with Gasteiger partial charge in [-0.2, -0.15) is 0 Å². The Balaban J connectivity index is 2.43. The number of hydrogen-bond acceptors (Lipinski definition) is 1. The van der Waals surface area contributed by atoms with Crippen molar-refractivity contribution >= 4 is 11.6 Å². The Morgan fingerprint density at radius 3 is 2.43 bits per heavy atom. The maximum Gasteiger partial charge on any atom is 0.118 e. The summed E-state index contributed by atoms with van der Waals surface area (Å²) < 4.78 is 5.09. The summed E-state index contributed by atoms with van der Waals surface area (Å²) in [6, 6.07) is 8.22. The van der Waals surface area contributed by atoms with Crippen molar-refractivity contribution in [2.75, 3.05) is 13.0 Å². The topological polar surface area (TPSA) is 9.23 Å². The molecule has 1 aromatic carbocycles. The molecule has 0 saturated carbocycles. The van der Waals surface area contributed by atoms with Crippen LogP contribution in [0.4, 0.5) is 0 Å². The number of benzene rings is 1. The quantitative estimate of drug-likeness (QED) is 0.679.